The molecule has 0 saturated heterocycles. The quantitative estimate of drug-likeness (QED) is 0.261. The van der Waals surface area contributed by atoms with Crippen LogP contribution in [0.2, 0.25) is 0 Å². The Balaban J connectivity index is 2.54. The largest absolute Gasteiger partial charge is 0.594 e. The number of benzene rings is 1. The molecule has 0 unspecified atom stereocenters. The fraction of sp³-hybridized carbons (Fsp3) is 0. The van der Waals surface area contributed by atoms with E-state index in [1.54, 1.807) is 24.3 Å². The van der Waals surface area contributed by atoms with E-state index in [9.17, 15) is 15.3 Å². The van der Waals surface area contributed by atoms with Crippen molar-refractivity contribution in [1.29, 1.82) is 0 Å². The van der Waals surface area contributed by atoms with Crippen molar-refractivity contribution in [3.63, 3.8) is 0 Å². The van der Waals surface area contributed by atoms with Gasteiger partial charge in [0.25, 0.3) is 5.52 Å². The summed E-state index contributed by atoms with van der Waals surface area (Å²) in [6.07, 6.45) is 1.08. The zero-order chi connectivity index (χ0) is 12.0. The molecule has 3 aromatic rings. The summed E-state index contributed by atoms with van der Waals surface area (Å²) in [5.41, 5.74) is 0.419. The summed E-state index contributed by atoms with van der Waals surface area (Å²) >= 11 is 0. The third-order valence-electron chi connectivity index (χ3n) is 2.42. The molecule has 8 nitrogen and oxygen atoms in total. The molecule has 2 aromatic heterocycles. The number of rotatable bonds is 1. The molecule has 3 rings (SSSR count). The van der Waals surface area contributed by atoms with Gasteiger partial charge >= 0.3 is 11.3 Å². The number of nitro groups is 1. The van der Waals surface area contributed by atoms with Gasteiger partial charge in [-0.1, -0.05) is 12.1 Å². The second-order valence-electron chi connectivity index (χ2n) is 3.38. The maximum atomic E-state index is 11.6. The first kappa shape index (κ1) is 9.46. The summed E-state index contributed by atoms with van der Waals surface area (Å²) in [4.78, 5) is 10.5. The molecule has 2 heterocycles. The molecule has 1 aromatic carbocycles. The predicted octanol–water partition coefficient (Wildman–Crippen LogP) is 0.424. The number of hydrogen-bond donors (Lipinski definition) is 0. The predicted molar refractivity (Wildman–Crippen MR) is 56.1 cm³/mol. The van der Waals surface area contributed by atoms with E-state index in [2.05, 4.69) is 10.2 Å². The molecule has 0 aliphatic carbocycles. The monoisotopic (exact) mass is 231 g/mol. The summed E-state index contributed by atoms with van der Waals surface area (Å²) in [6, 6.07) is 6.62. The van der Waals surface area contributed by atoms with E-state index < -0.39 is 4.92 Å². The fourth-order valence-corrected chi connectivity index (χ4v) is 1.68. The van der Waals surface area contributed by atoms with Gasteiger partial charge < -0.3 is 5.21 Å². The lowest BCUT2D eigenvalue weighted by Gasteiger charge is -1.99. The van der Waals surface area contributed by atoms with Crippen molar-refractivity contribution in [3.05, 3.63) is 45.8 Å². The van der Waals surface area contributed by atoms with Crippen LogP contribution >= 0.6 is 0 Å². The van der Waals surface area contributed by atoms with Gasteiger partial charge in [0.15, 0.2) is 0 Å². The highest BCUT2D eigenvalue weighted by Gasteiger charge is 2.22. The van der Waals surface area contributed by atoms with E-state index >= 15 is 0 Å². The first-order valence-electron chi connectivity index (χ1n) is 4.69. The summed E-state index contributed by atoms with van der Waals surface area (Å²) in [5.74, 6) is 0. The summed E-state index contributed by atoms with van der Waals surface area (Å²) in [5, 5.41) is 29.8. The van der Waals surface area contributed by atoms with Crippen molar-refractivity contribution in [2.75, 3.05) is 0 Å². The average molecular weight is 231 g/mol. The van der Waals surface area contributed by atoms with Crippen LogP contribution in [0.1, 0.15) is 0 Å². The van der Waals surface area contributed by atoms with Crippen LogP contribution in [0.5, 0.6) is 0 Å². The lowest BCUT2D eigenvalue weighted by Crippen LogP contribution is -2.33. The molecule has 84 valence electrons. The van der Waals surface area contributed by atoms with Gasteiger partial charge in [-0.05, 0) is 10.9 Å². The Morgan fingerprint density at radius 2 is 2.12 bits per heavy atom. The summed E-state index contributed by atoms with van der Waals surface area (Å²) < 4.78 is 1.28. The molecule has 17 heavy (non-hydrogen) atoms. The first-order chi connectivity index (χ1) is 8.18. The van der Waals surface area contributed by atoms with Crippen molar-refractivity contribution in [1.82, 2.24) is 14.7 Å². The number of para-hydroxylation sites is 2. The number of hydrogen-bond acceptors (Lipinski definition) is 5. The highest BCUT2D eigenvalue weighted by molar-refractivity contribution is 5.75. The maximum Gasteiger partial charge on any atom is 0.339 e. The average Bonchev–Trinajstić information content (AvgIpc) is 2.73. The third kappa shape index (κ3) is 1.20. The van der Waals surface area contributed by atoms with Gasteiger partial charge in [-0.3, -0.25) is 10.1 Å². The van der Waals surface area contributed by atoms with E-state index in [1.807, 2.05) is 0 Å². The normalized spacial score (nSPS) is 11.1. The van der Waals surface area contributed by atoms with Crippen LogP contribution < -0.4 is 4.85 Å². The standard InChI is InChI=1S/C9H5N5O3/c15-13-7-4-2-1-3-6(7)12-9(11-13)8(5-10-12)14(16)17/h1-5H. The minimum atomic E-state index is -0.621. The molecule has 0 amide bonds. The van der Waals surface area contributed by atoms with Gasteiger partial charge in [-0.2, -0.15) is 9.61 Å². The zero-order valence-corrected chi connectivity index (χ0v) is 8.35. The smallest absolute Gasteiger partial charge is 0.339 e. The molecule has 0 spiro atoms. The number of aromatic nitrogens is 4. The lowest BCUT2D eigenvalue weighted by atomic mass is 10.3. The van der Waals surface area contributed by atoms with Crippen molar-refractivity contribution >= 4 is 22.4 Å². The van der Waals surface area contributed by atoms with Crippen LogP contribution in [0.15, 0.2) is 30.5 Å². The van der Waals surface area contributed by atoms with Crippen molar-refractivity contribution in [2.45, 2.75) is 0 Å². The van der Waals surface area contributed by atoms with Crippen LogP contribution in [0.3, 0.4) is 0 Å². The van der Waals surface area contributed by atoms with Gasteiger partial charge in [0.2, 0.25) is 0 Å². The van der Waals surface area contributed by atoms with Crippen molar-refractivity contribution in [2.24, 2.45) is 0 Å². The van der Waals surface area contributed by atoms with Crippen molar-refractivity contribution < 1.29 is 9.77 Å². The SMILES string of the molecule is O=[N+]([O-])c1cnn2c1n[n+]([O-])c1ccccc12. The fourth-order valence-electron chi connectivity index (χ4n) is 1.68. The summed E-state index contributed by atoms with van der Waals surface area (Å²) in [6.45, 7) is 0. The second kappa shape index (κ2) is 3.11. The Morgan fingerprint density at radius 3 is 2.88 bits per heavy atom. The molecule has 0 aliphatic heterocycles. The lowest BCUT2D eigenvalue weighted by molar-refractivity contribution is -0.640. The number of fused-ring (bicyclic) bond motifs is 3. The third-order valence-corrected chi connectivity index (χ3v) is 2.42. The molecule has 0 fully saturated rings. The Hall–Kier alpha value is -2.77. The van der Waals surface area contributed by atoms with E-state index in [1.165, 1.54) is 4.52 Å². The molecule has 0 atom stereocenters. The Bertz CT molecular complexity index is 751. The molecular weight excluding hydrogens is 226 g/mol. The van der Waals surface area contributed by atoms with E-state index in [-0.39, 0.29) is 11.3 Å². The van der Waals surface area contributed by atoms with E-state index in [4.69, 9.17) is 0 Å². The van der Waals surface area contributed by atoms with Gasteiger partial charge in [0.1, 0.15) is 11.7 Å². The van der Waals surface area contributed by atoms with Gasteiger partial charge in [0.05, 0.1) is 4.92 Å². The van der Waals surface area contributed by atoms with Gasteiger partial charge in [-0.15, -0.1) is 0 Å². The van der Waals surface area contributed by atoms with Crippen LogP contribution in [0, 0.1) is 15.3 Å². The Morgan fingerprint density at radius 1 is 1.35 bits per heavy atom. The van der Waals surface area contributed by atoms with E-state index in [0.29, 0.717) is 15.9 Å². The zero-order valence-electron chi connectivity index (χ0n) is 8.35. The van der Waals surface area contributed by atoms with Crippen LogP contribution in [-0.2, 0) is 0 Å². The second-order valence-corrected chi connectivity index (χ2v) is 3.38. The van der Waals surface area contributed by atoms with Crippen molar-refractivity contribution in [3.8, 4) is 0 Å². The molecule has 0 N–H and O–H groups in total. The molecule has 0 radical (unpaired) electrons. The minimum Gasteiger partial charge on any atom is -0.594 e. The first-order valence-corrected chi connectivity index (χ1v) is 4.69. The summed E-state index contributed by atoms with van der Waals surface area (Å²) in [7, 11) is 0. The molecule has 8 heteroatoms. The van der Waals surface area contributed by atoms with E-state index in [0.717, 1.165) is 6.20 Å². The van der Waals surface area contributed by atoms with Crippen LogP contribution in [-0.4, -0.2) is 19.6 Å². The minimum absolute atomic E-state index is 0.0660. The van der Waals surface area contributed by atoms with Crippen LogP contribution in [0.25, 0.3) is 16.7 Å². The Labute approximate surface area is 93.4 Å². The Kier molecular flexibility index (Phi) is 1.73. The highest BCUT2D eigenvalue weighted by atomic mass is 16.6. The molecule has 0 saturated carbocycles. The molecular formula is C9H5N5O3. The van der Waals surface area contributed by atoms with Gasteiger partial charge in [-0.25, -0.2) is 0 Å². The molecule has 0 aliphatic rings. The highest BCUT2D eigenvalue weighted by Crippen LogP contribution is 2.19. The molecule has 0 bridgehead atoms. The maximum absolute atomic E-state index is 11.6. The topological polar surface area (TPSA) is 100 Å². The number of nitrogens with zero attached hydrogens (tertiary/aromatic N) is 5. The van der Waals surface area contributed by atoms with Gasteiger partial charge in [0, 0.05) is 11.2 Å². The van der Waals surface area contributed by atoms with Crippen LogP contribution in [0.4, 0.5) is 5.69 Å².